The summed E-state index contributed by atoms with van der Waals surface area (Å²) in [5, 5.41) is 13.9. The molecule has 0 aliphatic heterocycles. The minimum atomic E-state index is -1.14. The van der Waals surface area contributed by atoms with Crippen LogP contribution >= 0.6 is 0 Å². The second kappa shape index (κ2) is 6.37. The van der Waals surface area contributed by atoms with Crippen molar-refractivity contribution in [3.63, 3.8) is 0 Å². The number of aromatic carboxylic acids is 1. The molecule has 0 aromatic carbocycles. The molecule has 0 fully saturated rings. The molecule has 2 rings (SSSR count). The lowest BCUT2D eigenvalue weighted by Crippen LogP contribution is -2.34. The first kappa shape index (κ1) is 13.6. The highest BCUT2D eigenvalue weighted by molar-refractivity contribution is 5.84. The van der Waals surface area contributed by atoms with Crippen LogP contribution in [0.25, 0.3) is 0 Å². The van der Waals surface area contributed by atoms with Crippen LogP contribution in [-0.4, -0.2) is 22.1 Å². The Labute approximate surface area is 114 Å². The minimum Gasteiger partial charge on any atom is -0.475 e. The van der Waals surface area contributed by atoms with Gasteiger partial charge in [-0.05, 0) is 24.3 Å². The number of carboxylic acid groups (broad SMARTS) is 1. The van der Waals surface area contributed by atoms with Gasteiger partial charge in [0.1, 0.15) is 5.76 Å². The average molecular weight is 275 g/mol. The number of carbonyl (C=O) groups is 2. The summed E-state index contributed by atoms with van der Waals surface area (Å²) in [7, 11) is 0. The number of hydrogen-bond acceptors (Lipinski definition) is 4. The molecule has 0 spiro atoms. The number of carbonyl (C=O) groups excluding carboxylic acids is 1. The van der Waals surface area contributed by atoms with Crippen LogP contribution in [-0.2, 0) is 13.1 Å². The molecule has 2 aromatic rings. The number of aromatic nitrogens is 1. The van der Waals surface area contributed by atoms with Crippen molar-refractivity contribution in [1.29, 1.82) is 0 Å². The van der Waals surface area contributed by atoms with Crippen LogP contribution in [0.1, 0.15) is 22.0 Å². The minimum absolute atomic E-state index is 0.112. The van der Waals surface area contributed by atoms with E-state index in [-0.39, 0.29) is 18.3 Å². The number of furan rings is 1. The van der Waals surface area contributed by atoms with E-state index in [4.69, 9.17) is 9.52 Å². The zero-order valence-electron chi connectivity index (χ0n) is 10.5. The Bertz CT molecular complexity index is 595. The van der Waals surface area contributed by atoms with Crippen LogP contribution in [0.5, 0.6) is 0 Å². The molecule has 0 unspecified atom stereocenters. The SMILES string of the molecule is O=C(NCc1ccccn1)NCc1ccc(C(=O)O)o1. The molecule has 0 radical (unpaired) electrons. The van der Waals surface area contributed by atoms with Crippen molar-refractivity contribution in [2.24, 2.45) is 0 Å². The van der Waals surface area contributed by atoms with Gasteiger partial charge in [-0.15, -0.1) is 0 Å². The van der Waals surface area contributed by atoms with E-state index in [1.54, 1.807) is 18.3 Å². The fourth-order valence-electron chi connectivity index (χ4n) is 1.49. The summed E-state index contributed by atoms with van der Waals surface area (Å²) in [6.45, 7) is 0.423. The van der Waals surface area contributed by atoms with Crippen LogP contribution < -0.4 is 10.6 Å². The Morgan fingerprint density at radius 2 is 1.95 bits per heavy atom. The van der Waals surface area contributed by atoms with Crippen molar-refractivity contribution >= 4 is 12.0 Å². The quantitative estimate of drug-likeness (QED) is 0.764. The van der Waals surface area contributed by atoms with Crippen molar-refractivity contribution in [3.8, 4) is 0 Å². The molecule has 20 heavy (non-hydrogen) atoms. The molecule has 2 heterocycles. The first-order valence-electron chi connectivity index (χ1n) is 5.89. The lowest BCUT2D eigenvalue weighted by Gasteiger charge is -2.05. The van der Waals surface area contributed by atoms with Crippen molar-refractivity contribution in [1.82, 2.24) is 15.6 Å². The number of carboxylic acids is 1. The number of pyridine rings is 1. The highest BCUT2D eigenvalue weighted by Crippen LogP contribution is 2.07. The second-order valence-electron chi connectivity index (χ2n) is 3.93. The Kier molecular flexibility index (Phi) is 4.33. The van der Waals surface area contributed by atoms with Gasteiger partial charge in [0.25, 0.3) is 0 Å². The maximum Gasteiger partial charge on any atom is 0.371 e. The molecule has 0 saturated carbocycles. The topological polar surface area (TPSA) is 104 Å². The third-order valence-corrected chi connectivity index (χ3v) is 2.45. The van der Waals surface area contributed by atoms with E-state index in [1.165, 1.54) is 12.1 Å². The van der Waals surface area contributed by atoms with E-state index < -0.39 is 5.97 Å². The summed E-state index contributed by atoms with van der Waals surface area (Å²) in [6, 6.07) is 7.88. The highest BCUT2D eigenvalue weighted by Gasteiger charge is 2.09. The van der Waals surface area contributed by atoms with Gasteiger partial charge in [0, 0.05) is 6.20 Å². The molecule has 0 aliphatic rings. The number of amides is 2. The van der Waals surface area contributed by atoms with Crippen LogP contribution in [0.3, 0.4) is 0 Å². The third kappa shape index (κ3) is 3.84. The molecule has 7 nitrogen and oxygen atoms in total. The van der Waals surface area contributed by atoms with Crippen LogP contribution in [0.15, 0.2) is 40.9 Å². The summed E-state index contributed by atoms with van der Waals surface area (Å²) in [6.07, 6.45) is 1.64. The van der Waals surface area contributed by atoms with Crippen molar-refractivity contribution in [3.05, 3.63) is 53.7 Å². The van der Waals surface area contributed by atoms with Gasteiger partial charge in [-0.1, -0.05) is 6.07 Å². The van der Waals surface area contributed by atoms with Crippen LogP contribution in [0.2, 0.25) is 0 Å². The standard InChI is InChI=1S/C13H13N3O4/c17-12(18)11-5-4-10(20-11)8-16-13(19)15-7-9-3-1-2-6-14-9/h1-6H,7-8H2,(H,17,18)(H2,15,16,19). The smallest absolute Gasteiger partial charge is 0.371 e. The molecule has 0 saturated heterocycles. The van der Waals surface area contributed by atoms with E-state index in [2.05, 4.69) is 15.6 Å². The van der Waals surface area contributed by atoms with E-state index in [9.17, 15) is 9.59 Å². The maximum atomic E-state index is 11.5. The fraction of sp³-hybridized carbons (Fsp3) is 0.154. The van der Waals surface area contributed by atoms with E-state index >= 15 is 0 Å². The van der Waals surface area contributed by atoms with Gasteiger partial charge in [-0.25, -0.2) is 9.59 Å². The summed E-state index contributed by atoms with van der Waals surface area (Å²) in [5.41, 5.74) is 0.744. The molecule has 0 aliphatic carbocycles. The van der Waals surface area contributed by atoms with E-state index in [0.29, 0.717) is 12.3 Å². The number of rotatable bonds is 5. The number of hydrogen-bond donors (Lipinski definition) is 3. The van der Waals surface area contributed by atoms with Crippen molar-refractivity contribution < 1.29 is 19.1 Å². The third-order valence-electron chi connectivity index (χ3n) is 2.45. The number of nitrogens with one attached hydrogen (secondary N) is 2. The number of urea groups is 1. The monoisotopic (exact) mass is 275 g/mol. The Morgan fingerprint density at radius 1 is 1.15 bits per heavy atom. The Balaban J connectivity index is 1.76. The van der Waals surface area contributed by atoms with Gasteiger partial charge in [0.2, 0.25) is 5.76 Å². The van der Waals surface area contributed by atoms with E-state index in [1.807, 2.05) is 6.07 Å². The van der Waals surface area contributed by atoms with Gasteiger partial charge in [-0.3, -0.25) is 4.98 Å². The van der Waals surface area contributed by atoms with Gasteiger partial charge >= 0.3 is 12.0 Å². The number of nitrogens with zero attached hydrogens (tertiary/aromatic N) is 1. The predicted molar refractivity (Wildman–Crippen MR) is 69.0 cm³/mol. The molecule has 2 aromatic heterocycles. The molecule has 7 heteroatoms. The highest BCUT2D eigenvalue weighted by atomic mass is 16.4. The molecule has 2 amide bonds. The molecule has 0 atom stereocenters. The van der Waals surface area contributed by atoms with Gasteiger partial charge in [0.05, 0.1) is 18.8 Å². The predicted octanol–water partition coefficient (Wildman–Crippen LogP) is 1.37. The molecular weight excluding hydrogens is 262 g/mol. The van der Waals surface area contributed by atoms with Crippen molar-refractivity contribution in [2.75, 3.05) is 0 Å². The normalized spacial score (nSPS) is 10.0. The van der Waals surface area contributed by atoms with Gasteiger partial charge in [-0.2, -0.15) is 0 Å². The van der Waals surface area contributed by atoms with E-state index in [0.717, 1.165) is 5.69 Å². The van der Waals surface area contributed by atoms with Crippen LogP contribution in [0.4, 0.5) is 4.79 Å². The largest absolute Gasteiger partial charge is 0.475 e. The lowest BCUT2D eigenvalue weighted by atomic mass is 10.3. The van der Waals surface area contributed by atoms with Gasteiger partial charge < -0.3 is 20.2 Å². The summed E-state index contributed by atoms with van der Waals surface area (Å²) >= 11 is 0. The second-order valence-corrected chi connectivity index (χ2v) is 3.93. The molecule has 3 N–H and O–H groups in total. The first-order valence-corrected chi connectivity index (χ1v) is 5.89. The van der Waals surface area contributed by atoms with Crippen LogP contribution in [0, 0.1) is 0 Å². The fourth-order valence-corrected chi connectivity index (χ4v) is 1.49. The Hall–Kier alpha value is -2.83. The summed E-state index contributed by atoms with van der Waals surface area (Å²) in [4.78, 5) is 26.2. The van der Waals surface area contributed by atoms with Crippen molar-refractivity contribution in [2.45, 2.75) is 13.1 Å². The summed E-state index contributed by atoms with van der Waals surface area (Å²) < 4.78 is 5.00. The lowest BCUT2D eigenvalue weighted by molar-refractivity contribution is 0.0660. The first-order chi connectivity index (χ1) is 9.65. The van der Waals surface area contributed by atoms with Gasteiger partial charge in [0.15, 0.2) is 0 Å². The maximum absolute atomic E-state index is 11.5. The Morgan fingerprint density at radius 3 is 2.60 bits per heavy atom. The average Bonchev–Trinajstić information content (AvgIpc) is 2.93. The molecular formula is C13H13N3O4. The summed E-state index contributed by atoms with van der Waals surface area (Å²) in [5.74, 6) is -0.929. The zero-order chi connectivity index (χ0) is 14.4. The molecule has 0 bridgehead atoms. The zero-order valence-corrected chi connectivity index (χ0v) is 10.5. The molecule has 104 valence electrons.